The molecule has 2 heterocycles. The molecule has 2 aliphatic rings. The van der Waals surface area contributed by atoms with Gasteiger partial charge in [-0.15, -0.1) is 0 Å². The van der Waals surface area contributed by atoms with Gasteiger partial charge in [-0.2, -0.15) is 0 Å². The predicted molar refractivity (Wildman–Crippen MR) is 129 cm³/mol. The topological polar surface area (TPSA) is 79.0 Å². The van der Waals surface area contributed by atoms with Gasteiger partial charge in [0.2, 0.25) is 5.91 Å². The minimum Gasteiger partial charge on any atom is -0.444 e. The molecule has 0 spiro atoms. The smallest absolute Gasteiger partial charge is 0.407 e. The molecule has 34 heavy (non-hydrogen) atoms. The Kier molecular flexibility index (Phi) is 6.91. The second kappa shape index (κ2) is 9.87. The SMILES string of the molecule is CC(C)(C)OC(=O)N[C@H]1CCCN2C(=O)N(Cc3ccccc3)C(=O)[C@@H](Cc3ccccc3)[C@H]12. The molecule has 3 atom stereocenters. The summed E-state index contributed by atoms with van der Waals surface area (Å²) in [6.07, 6.45) is 1.40. The Balaban J connectivity index is 1.64. The van der Waals surface area contributed by atoms with E-state index in [4.69, 9.17) is 4.74 Å². The lowest BCUT2D eigenvalue weighted by Crippen LogP contribution is -2.69. The summed E-state index contributed by atoms with van der Waals surface area (Å²) >= 11 is 0. The first-order valence-electron chi connectivity index (χ1n) is 11.9. The van der Waals surface area contributed by atoms with Gasteiger partial charge in [0.15, 0.2) is 0 Å². The number of carbonyl (C=O) groups excluding carboxylic acids is 3. The van der Waals surface area contributed by atoms with Gasteiger partial charge in [-0.25, -0.2) is 9.59 Å². The number of urea groups is 1. The molecule has 2 aliphatic heterocycles. The van der Waals surface area contributed by atoms with Gasteiger partial charge in [0, 0.05) is 6.54 Å². The Hall–Kier alpha value is -3.35. The van der Waals surface area contributed by atoms with Crippen molar-refractivity contribution in [3.8, 4) is 0 Å². The Morgan fingerprint density at radius 3 is 2.24 bits per heavy atom. The molecule has 0 unspecified atom stereocenters. The minimum absolute atomic E-state index is 0.197. The molecule has 2 fully saturated rings. The zero-order chi connectivity index (χ0) is 24.3. The van der Waals surface area contributed by atoms with Crippen LogP contribution in [0.15, 0.2) is 60.7 Å². The quantitative estimate of drug-likeness (QED) is 0.714. The summed E-state index contributed by atoms with van der Waals surface area (Å²) in [4.78, 5) is 43.1. The molecule has 1 N–H and O–H groups in total. The highest BCUT2D eigenvalue weighted by atomic mass is 16.6. The van der Waals surface area contributed by atoms with Crippen molar-refractivity contribution < 1.29 is 19.1 Å². The summed E-state index contributed by atoms with van der Waals surface area (Å²) in [7, 11) is 0. The number of hydrogen-bond acceptors (Lipinski definition) is 4. The third kappa shape index (κ3) is 5.41. The summed E-state index contributed by atoms with van der Waals surface area (Å²) in [5.41, 5.74) is 1.30. The summed E-state index contributed by atoms with van der Waals surface area (Å²) in [6.45, 7) is 6.23. The average molecular weight is 464 g/mol. The molecule has 0 aromatic heterocycles. The molecule has 0 radical (unpaired) electrons. The van der Waals surface area contributed by atoms with Crippen molar-refractivity contribution in [3.63, 3.8) is 0 Å². The van der Waals surface area contributed by atoms with Crippen molar-refractivity contribution in [2.75, 3.05) is 6.54 Å². The van der Waals surface area contributed by atoms with Gasteiger partial charge in [0.25, 0.3) is 0 Å². The van der Waals surface area contributed by atoms with Crippen molar-refractivity contribution in [1.29, 1.82) is 0 Å². The highest BCUT2D eigenvalue weighted by Crippen LogP contribution is 2.34. The van der Waals surface area contributed by atoms with Gasteiger partial charge in [0.05, 0.1) is 24.5 Å². The maximum Gasteiger partial charge on any atom is 0.407 e. The lowest BCUT2D eigenvalue weighted by Gasteiger charge is -2.50. The molecule has 0 bridgehead atoms. The number of alkyl carbamates (subject to hydrolysis) is 1. The van der Waals surface area contributed by atoms with E-state index in [0.717, 1.165) is 17.5 Å². The molecule has 4 amide bonds. The van der Waals surface area contributed by atoms with Crippen molar-refractivity contribution in [1.82, 2.24) is 15.1 Å². The second-order valence-electron chi connectivity index (χ2n) is 10.1. The van der Waals surface area contributed by atoms with Crippen LogP contribution in [0.2, 0.25) is 0 Å². The Bertz CT molecular complexity index is 1020. The number of piperidine rings is 1. The van der Waals surface area contributed by atoms with Crippen LogP contribution in [-0.2, 0) is 22.5 Å². The summed E-state index contributed by atoms with van der Waals surface area (Å²) in [5.74, 6) is -0.666. The molecule has 2 saturated heterocycles. The lowest BCUT2D eigenvalue weighted by atomic mass is 9.80. The molecule has 4 rings (SSSR count). The van der Waals surface area contributed by atoms with Crippen LogP contribution < -0.4 is 5.32 Å². The lowest BCUT2D eigenvalue weighted by molar-refractivity contribution is -0.141. The van der Waals surface area contributed by atoms with E-state index in [-0.39, 0.29) is 24.5 Å². The average Bonchev–Trinajstić information content (AvgIpc) is 2.79. The molecule has 180 valence electrons. The molecular weight excluding hydrogens is 430 g/mol. The fourth-order valence-corrected chi connectivity index (χ4v) is 4.94. The fraction of sp³-hybridized carbons (Fsp3) is 0.444. The van der Waals surface area contributed by atoms with Crippen LogP contribution >= 0.6 is 0 Å². The van der Waals surface area contributed by atoms with Crippen LogP contribution in [0.25, 0.3) is 0 Å². The van der Waals surface area contributed by atoms with Crippen LogP contribution in [0, 0.1) is 5.92 Å². The van der Waals surface area contributed by atoms with E-state index in [1.807, 2.05) is 81.4 Å². The first-order valence-corrected chi connectivity index (χ1v) is 11.9. The Morgan fingerprint density at radius 2 is 1.62 bits per heavy atom. The number of nitrogens with zero attached hydrogens (tertiary/aromatic N) is 2. The zero-order valence-electron chi connectivity index (χ0n) is 20.1. The van der Waals surface area contributed by atoms with E-state index in [1.165, 1.54) is 4.90 Å². The van der Waals surface area contributed by atoms with Gasteiger partial charge in [-0.1, -0.05) is 60.7 Å². The number of ether oxygens (including phenoxy) is 1. The van der Waals surface area contributed by atoms with E-state index < -0.39 is 23.7 Å². The van der Waals surface area contributed by atoms with Crippen molar-refractivity contribution in [2.45, 2.75) is 64.3 Å². The predicted octanol–water partition coefficient (Wildman–Crippen LogP) is 4.37. The van der Waals surface area contributed by atoms with Crippen molar-refractivity contribution >= 4 is 18.0 Å². The van der Waals surface area contributed by atoms with Gasteiger partial charge in [-0.3, -0.25) is 9.69 Å². The number of imide groups is 1. The monoisotopic (exact) mass is 463 g/mol. The number of hydrogen-bond donors (Lipinski definition) is 1. The van der Waals surface area contributed by atoms with Crippen molar-refractivity contribution in [3.05, 3.63) is 71.8 Å². The highest BCUT2D eigenvalue weighted by molar-refractivity contribution is 5.99. The molecule has 2 aromatic carbocycles. The van der Waals surface area contributed by atoms with Crippen LogP contribution in [0.4, 0.5) is 9.59 Å². The van der Waals surface area contributed by atoms with Gasteiger partial charge < -0.3 is 15.0 Å². The van der Waals surface area contributed by atoms with E-state index in [0.29, 0.717) is 19.4 Å². The Morgan fingerprint density at radius 1 is 1.00 bits per heavy atom. The van der Waals surface area contributed by atoms with E-state index in [2.05, 4.69) is 5.32 Å². The normalized spacial score (nSPS) is 22.9. The second-order valence-corrected chi connectivity index (χ2v) is 10.1. The number of rotatable bonds is 5. The van der Waals surface area contributed by atoms with E-state index in [9.17, 15) is 14.4 Å². The van der Waals surface area contributed by atoms with E-state index in [1.54, 1.807) is 4.90 Å². The number of fused-ring (bicyclic) bond motifs is 1. The van der Waals surface area contributed by atoms with Crippen LogP contribution in [-0.4, -0.2) is 52.1 Å². The van der Waals surface area contributed by atoms with Crippen LogP contribution in [0.1, 0.15) is 44.7 Å². The van der Waals surface area contributed by atoms with Gasteiger partial charge >= 0.3 is 12.1 Å². The Labute approximate surface area is 201 Å². The third-order valence-corrected chi connectivity index (χ3v) is 6.34. The summed E-state index contributed by atoms with van der Waals surface area (Å²) in [5, 5.41) is 2.97. The molecule has 0 saturated carbocycles. The van der Waals surface area contributed by atoms with Gasteiger partial charge in [-0.05, 0) is 51.2 Å². The van der Waals surface area contributed by atoms with Crippen LogP contribution in [0.5, 0.6) is 0 Å². The molecule has 0 aliphatic carbocycles. The summed E-state index contributed by atoms with van der Waals surface area (Å²) in [6, 6.07) is 18.3. The summed E-state index contributed by atoms with van der Waals surface area (Å²) < 4.78 is 5.48. The highest BCUT2D eigenvalue weighted by Gasteiger charge is 2.51. The third-order valence-electron chi connectivity index (χ3n) is 6.34. The standard InChI is InChI=1S/C27H33N3O4/c1-27(2,3)34-25(32)28-22-15-10-16-29-23(22)21(17-19-11-6-4-7-12-19)24(31)30(26(29)33)18-20-13-8-5-9-14-20/h4-9,11-14,21-23H,10,15-18H2,1-3H3,(H,28,32)/t21-,22-,23+/m0/s1. The minimum atomic E-state index is -0.632. The molecular formula is C27H33N3O4. The molecule has 2 aromatic rings. The maximum absolute atomic E-state index is 13.8. The molecule has 7 heteroatoms. The largest absolute Gasteiger partial charge is 0.444 e. The first-order chi connectivity index (χ1) is 16.2. The molecule has 7 nitrogen and oxygen atoms in total. The number of nitrogens with one attached hydrogen (secondary N) is 1. The van der Waals surface area contributed by atoms with Crippen LogP contribution in [0.3, 0.4) is 0 Å². The number of carbonyl (C=O) groups is 3. The number of amides is 4. The fourth-order valence-electron chi connectivity index (χ4n) is 4.94. The first kappa shape index (κ1) is 23.8. The van der Waals surface area contributed by atoms with Gasteiger partial charge in [0.1, 0.15) is 5.60 Å². The maximum atomic E-state index is 13.8. The number of benzene rings is 2. The zero-order valence-corrected chi connectivity index (χ0v) is 20.1. The van der Waals surface area contributed by atoms with E-state index >= 15 is 0 Å². The van der Waals surface area contributed by atoms with Crippen molar-refractivity contribution in [2.24, 2.45) is 5.92 Å².